The highest BCUT2D eigenvalue weighted by Crippen LogP contribution is 2.31. The minimum absolute atomic E-state index is 0.0359. The van der Waals surface area contributed by atoms with Crippen molar-refractivity contribution in [1.82, 2.24) is 5.32 Å². The van der Waals surface area contributed by atoms with Gasteiger partial charge in [-0.05, 0) is 42.7 Å². The van der Waals surface area contributed by atoms with Crippen LogP contribution in [0.3, 0.4) is 0 Å². The van der Waals surface area contributed by atoms with Crippen LogP contribution in [0.25, 0.3) is 0 Å². The smallest absolute Gasteiger partial charge is 0.239 e. The number of nitrogens with zero attached hydrogens (tertiary/aromatic N) is 1. The van der Waals surface area contributed by atoms with E-state index in [1.807, 2.05) is 6.07 Å². The van der Waals surface area contributed by atoms with Gasteiger partial charge in [0.25, 0.3) is 0 Å². The van der Waals surface area contributed by atoms with E-state index in [9.17, 15) is 23.2 Å². The molecule has 0 bridgehead atoms. The van der Waals surface area contributed by atoms with Gasteiger partial charge in [-0.1, -0.05) is 11.6 Å². The molecule has 0 radical (unpaired) electrons. The zero-order valence-electron chi connectivity index (χ0n) is 15.8. The molecule has 2 N–H and O–H groups in total. The van der Waals surface area contributed by atoms with Crippen LogP contribution in [0, 0.1) is 17.6 Å². The number of amides is 3. The lowest BCUT2D eigenvalue weighted by Crippen LogP contribution is -2.36. The maximum atomic E-state index is 13.8. The van der Waals surface area contributed by atoms with E-state index in [1.54, 1.807) is 12.1 Å². The Morgan fingerprint density at radius 3 is 2.77 bits per heavy atom. The number of fused-ring (bicyclic) bond motifs is 1. The molecule has 0 aromatic heterocycles. The van der Waals surface area contributed by atoms with Crippen LogP contribution in [0.4, 0.5) is 20.2 Å². The standard InChI is InChI=1S/C21H18ClF2N3O3/c22-15-8-12(16(23)9-17(15)24)10-25-20(29)14-5-6-27(21(14)30)13-2-3-18-11(7-13)1-4-19(28)26-18/h2-3,7-9,14H,1,4-6,10H2,(H,25,29)(H,26,28). The monoisotopic (exact) mass is 433 g/mol. The molecule has 0 spiro atoms. The Kier molecular flexibility index (Phi) is 5.42. The third-order valence-electron chi connectivity index (χ3n) is 5.36. The van der Waals surface area contributed by atoms with Crippen LogP contribution in [0.1, 0.15) is 24.0 Å². The normalized spacial score (nSPS) is 18.2. The van der Waals surface area contributed by atoms with Gasteiger partial charge in [-0.2, -0.15) is 0 Å². The highest BCUT2D eigenvalue weighted by Gasteiger charge is 2.37. The molecule has 9 heteroatoms. The van der Waals surface area contributed by atoms with Crippen molar-refractivity contribution in [2.24, 2.45) is 5.92 Å². The van der Waals surface area contributed by atoms with E-state index in [0.717, 1.165) is 17.3 Å². The molecule has 1 saturated heterocycles. The third kappa shape index (κ3) is 3.87. The first kappa shape index (κ1) is 20.3. The molecule has 1 atom stereocenters. The molecule has 6 nitrogen and oxygen atoms in total. The average Bonchev–Trinajstić information content (AvgIpc) is 3.10. The fourth-order valence-corrected chi connectivity index (χ4v) is 3.91. The number of rotatable bonds is 4. The predicted molar refractivity (Wildman–Crippen MR) is 107 cm³/mol. The van der Waals surface area contributed by atoms with Crippen molar-refractivity contribution < 1.29 is 23.2 Å². The molecular formula is C21H18ClF2N3O3. The molecule has 1 unspecified atom stereocenters. The van der Waals surface area contributed by atoms with Gasteiger partial charge in [-0.15, -0.1) is 0 Å². The number of hydrogen-bond donors (Lipinski definition) is 2. The lowest BCUT2D eigenvalue weighted by molar-refractivity contribution is -0.132. The Morgan fingerprint density at radius 1 is 1.17 bits per heavy atom. The zero-order valence-corrected chi connectivity index (χ0v) is 16.6. The van der Waals surface area contributed by atoms with Crippen LogP contribution >= 0.6 is 11.6 Å². The van der Waals surface area contributed by atoms with Gasteiger partial charge in [-0.3, -0.25) is 14.4 Å². The molecule has 0 saturated carbocycles. The van der Waals surface area contributed by atoms with Gasteiger partial charge in [0.1, 0.15) is 17.6 Å². The van der Waals surface area contributed by atoms with Crippen LogP contribution in [0.15, 0.2) is 30.3 Å². The van der Waals surface area contributed by atoms with Gasteiger partial charge in [0.15, 0.2) is 0 Å². The summed E-state index contributed by atoms with van der Waals surface area (Å²) >= 11 is 5.66. The highest BCUT2D eigenvalue weighted by atomic mass is 35.5. The van der Waals surface area contributed by atoms with E-state index in [-0.39, 0.29) is 28.9 Å². The summed E-state index contributed by atoms with van der Waals surface area (Å²) in [6.45, 7) is 0.172. The van der Waals surface area contributed by atoms with Crippen molar-refractivity contribution in [2.45, 2.75) is 25.8 Å². The Morgan fingerprint density at radius 2 is 1.97 bits per heavy atom. The second kappa shape index (κ2) is 8.02. The van der Waals surface area contributed by atoms with E-state index in [1.165, 1.54) is 4.90 Å². The summed E-state index contributed by atoms with van der Waals surface area (Å²) in [5, 5.41) is 5.08. The topological polar surface area (TPSA) is 78.5 Å². The summed E-state index contributed by atoms with van der Waals surface area (Å²) in [7, 11) is 0. The van der Waals surface area contributed by atoms with Crippen molar-refractivity contribution in [1.29, 1.82) is 0 Å². The molecular weight excluding hydrogens is 416 g/mol. The Bertz CT molecular complexity index is 1060. The van der Waals surface area contributed by atoms with Gasteiger partial charge in [0.05, 0.1) is 5.02 Å². The first-order valence-electron chi connectivity index (χ1n) is 9.49. The number of nitrogens with one attached hydrogen (secondary N) is 2. The summed E-state index contributed by atoms with van der Waals surface area (Å²) in [4.78, 5) is 38.3. The maximum Gasteiger partial charge on any atom is 0.239 e. The molecule has 156 valence electrons. The first-order valence-corrected chi connectivity index (χ1v) is 9.86. The quantitative estimate of drug-likeness (QED) is 0.574. The van der Waals surface area contributed by atoms with E-state index in [4.69, 9.17) is 11.6 Å². The maximum absolute atomic E-state index is 13.8. The van der Waals surface area contributed by atoms with E-state index >= 15 is 0 Å². The van der Waals surface area contributed by atoms with E-state index in [2.05, 4.69) is 10.6 Å². The molecule has 4 rings (SSSR count). The summed E-state index contributed by atoms with van der Waals surface area (Å²) in [6.07, 6.45) is 1.30. The number of carbonyl (C=O) groups excluding carboxylic acids is 3. The van der Waals surface area contributed by atoms with Crippen molar-refractivity contribution in [2.75, 3.05) is 16.8 Å². The fraction of sp³-hybridized carbons (Fsp3) is 0.286. The number of anilines is 2. The lowest BCUT2D eigenvalue weighted by atomic mass is 10.0. The average molecular weight is 434 g/mol. The van der Waals surface area contributed by atoms with Crippen molar-refractivity contribution >= 4 is 40.7 Å². The van der Waals surface area contributed by atoms with Crippen molar-refractivity contribution in [3.05, 3.63) is 58.1 Å². The van der Waals surface area contributed by atoms with Crippen molar-refractivity contribution in [3.8, 4) is 0 Å². The second-order valence-electron chi connectivity index (χ2n) is 7.30. The van der Waals surface area contributed by atoms with E-state index < -0.39 is 23.5 Å². The third-order valence-corrected chi connectivity index (χ3v) is 5.65. The summed E-state index contributed by atoms with van der Waals surface area (Å²) in [5.74, 6) is -3.49. The van der Waals surface area contributed by atoms with E-state index in [0.29, 0.717) is 37.6 Å². The van der Waals surface area contributed by atoms with Gasteiger partial charge in [-0.25, -0.2) is 8.78 Å². The van der Waals surface area contributed by atoms with Crippen LogP contribution in [-0.4, -0.2) is 24.3 Å². The number of halogens is 3. The molecule has 2 aliphatic rings. The first-order chi connectivity index (χ1) is 14.3. The molecule has 0 aliphatic carbocycles. The molecule has 3 amide bonds. The lowest BCUT2D eigenvalue weighted by Gasteiger charge is -2.22. The number of aryl methyl sites for hydroxylation is 1. The molecule has 2 aromatic carbocycles. The molecule has 2 aromatic rings. The minimum atomic E-state index is -0.889. The summed E-state index contributed by atoms with van der Waals surface area (Å²) in [6, 6.07) is 7.11. The number of hydrogen-bond acceptors (Lipinski definition) is 3. The summed E-state index contributed by atoms with van der Waals surface area (Å²) in [5.41, 5.74) is 2.38. The van der Waals surface area contributed by atoms with Gasteiger partial charge in [0.2, 0.25) is 17.7 Å². The Labute approximate surface area is 176 Å². The van der Waals surface area contributed by atoms with Crippen LogP contribution in [0.2, 0.25) is 5.02 Å². The van der Waals surface area contributed by atoms with Gasteiger partial charge < -0.3 is 15.5 Å². The minimum Gasteiger partial charge on any atom is -0.351 e. The Balaban J connectivity index is 1.42. The molecule has 2 aliphatic heterocycles. The number of benzene rings is 2. The van der Waals surface area contributed by atoms with Gasteiger partial charge >= 0.3 is 0 Å². The van der Waals surface area contributed by atoms with Crippen LogP contribution in [-0.2, 0) is 27.3 Å². The molecule has 30 heavy (non-hydrogen) atoms. The highest BCUT2D eigenvalue weighted by molar-refractivity contribution is 6.30. The van der Waals surface area contributed by atoms with Crippen LogP contribution < -0.4 is 15.5 Å². The Hall–Kier alpha value is -3.00. The molecule has 2 heterocycles. The fourth-order valence-electron chi connectivity index (χ4n) is 3.72. The van der Waals surface area contributed by atoms with Crippen LogP contribution in [0.5, 0.6) is 0 Å². The molecule has 1 fully saturated rings. The zero-order chi connectivity index (χ0) is 21.4. The largest absolute Gasteiger partial charge is 0.351 e. The number of carbonyl (C=O) groups is 3. The van der Waals surface area contributed by atoms with Crippen molar-refractivity contribution in [3.63, 3.8) is 0 Å². The SMILES string of the molecule is O=C1CCc2cc(N3CCC(C(=O)NCc4cc(Cl)c(F)cc4F)C3=O)ccc2N1. The summed E-state index contributed by atoms with van der Waals surface area (Å²) < 4.78 is 27.1. The van der Waals surface area contributed by atoms with Gasteiger partial charge in [0, 0.05) is 42.5 Å². The second-order valence-corrected chi connectivity index (χ2v) is 7.70. The predicted octanol–water partition coefficient (Wildman–Crippen LogP) is 3.17.